The largest absolute Gasteiger partial charge is 0.353 e. The summed E-state index contributed by atoms with van der Waals surface area (Å²) in [6.07, 6.45) is 5.00. The van der Waals surface area contributed by atoms with E-state index in [4.69, 9.17) is 0 Å². The van der Waals surface area contributed by atoms with Gasteiger partial charge in [0.2, 0.25) is 5.91 Å². The molecule has 1 saturated heterocycles. The van der Waals surface area contributed by atoms with Crippen molar-refractivity contribution >= 4 is 5.91 Å². The van der Waals surface area contributed by atoms with Crippen LogP contribution in [0.3, 0.4) is 0 Å². The molecule has 0 aliphatic carbocycles. The van der Waals surface area contributed by atoms with Gasteiger partial charge in [-0.3, -0.25) is 9.69 Å². The average molecular weight is 332 g/mol. The molecule has 1 aliphatic heterocycles. The number of nitrogens with zero attached hydrogens (tertiary/aromatic N) is 2. The highest BCUT2D eigenvalue weighted by molar-refractivity contribution is 5.81. The van der Waals surface area contributed by atoms with Crippen molar-refractivity contribution < 1.29 is 4.79 Å². The van der Waals surface area contributed by atoms with E-state index < -0.39 is 0 Å². The van der Waals surface area contributed by atoms with Crippen molar-refractivity contribution in [1.82, 2.24) is 15.1 Å². The normalized spacial score (nSPS) is 18.9. The zero-order valence-corrected chi connectivity index (χ0v) is 15.7. The molecule has 1 aromatic rings. The van der Waals surface area contributed by atoms with Crippen LogP contribution in [0.15, 0.2) is 24.3 Å². The van der Waals surface area contributed by atoms with Crippen molar-refractivity contribution in [3.05, 3.63) is 35.4 Å². The minimum Gasteiger partial charge on any atom is -0.353 e. The van der Waals surface area contributed by atoms with E-state index in [1.54, 1.807) is 0 Å². The molecule has 0 bridgehead atoms. The Bertz CT molecular complexity index is 504. The van der Waals surface area contributed by atoms with Crippen molar-refractivity contribution in [3.8, 4) is 0 Å². The third kappa shape index (κ3) is 5.32. The molecule has 2 rings (SSSR count). The van der Waals surface area contributed by atoms with E-state index in [9.17, 15) is 4.79 Å². The van der Waals surface area contributed by atoms with Gasteiger partial charge in [-0.1, -0.05) is 42.7 Å². The van der Waals surface area contributed by atoms with E-state index >= 15 is 0 Å². The standard InChI is InChI=1S/C20H33N3O/c1-16-9-11-18(12-10-16)19(22(3)4)15-21-20(24)17(2)23-13-7-5-6-8-14-23/h9-12,17,19H,5-8,13-15H2,1-4H3,(H,21,24). The molecule has 1 amide bonds. The van der Waals surface area contributed by atoms with Crippen LogP contribution in [0.4, 0.5) is 0 Å². The molecule has 0 spiro atoms. The number of likely N-dealkylation sites (N-methyl/N-ethyl adjacent to an activating group) is 1. The molecular weight excluding hydrogens is 298 g/mol. The number of hydrogen-bond donors (Lipinski definition) is 1. The fraction of sp³-hybridized carbons (Fsp3) is 0.650. The highest BCUT2D eigenvalue weighted by Crippen LogP contribution is 2.18. The van der Waals surface area contributed by atoms with Gasteiger partial charge in [0.25, 0.3) is 0 Å². The number of nitrogens with one attached hydrogen (secondary N) is 1. The molecule has 4 nitrogen and oxygen atoms in total. The topological polar surface area (TPSA) is 35.6 Å². The van der Waals surface area contributed by atoms with Crippen molar-refractivity contribution in [1.29, 1.82) is 0 Å². The Balaban J connectivity index is 1.93. The number of hydrogen-bond acceptors (Lipinski definition) is 3. The Morgan fingerprint density at radius 3 is 2.25 bits per heavy atom. The molecule has 0 aromatic heterocycles. The minimum absolute atomic E-state index is 0.0380. The number of carbonyl (C=O) groups is 1. The summed E-state index contributed by atoms with van der Waals surface area (Å²) in [5.74, 6) is 0.149. The van der Waals surface area contributed by atoms with E-state index in [-0.39, 0.29) is 18.0 Å². The van der Waals surface area contributed by atoms with Crippen LogP contribution in [-0.2, 0) is 4.79 Å². The van der Waals surface area contributed by atoms with E-state index in [0.29, 0.717) is 6.54 Å². The first-order valence-corrected chi connectivity index (χ1v) is 9.24. The average Bonchev–Trinajstić information content (AvgIpc) is 2.84. The van der Waals surface area contributed by atoms with Crippen molar-refractivity contribution in [2.75, 3.05) is 33.7 Å². The van der Waals surface area contributed by atoms with E-state index in [0.717, 1.165) is 13.1 Å². The molecule has 1 heterocycles. The number of benzene rings is 1. The van der Waals surface area contributed by atoms with Crippen LogP contribution in [-0.4, -0.2) is 55.5 Å². The van der Waals surface area contributed by atoms with Gasteiger partial charge in [0, 0.05) is 6.54 Å². The first-order chi connectivity index (χ1) is 11.5. The lowest BCUT2D eigenvalue weighted by Crippen LogP contribution is -2.47. The van der Waals surface area contributed by atoms with E-state index in [1.807, 2.05) is 6.92 Å². The third-order valence-corrected chi connectivity index (χ3v) is 5.12. The fourth-order valence-electron chi connectivity index (χ4n) is 3.38. The molecule has 24 heavy (non-hydrogen) atoms. The smallest absolute Gasteiger partial charge is 0.237 e. The monoisotopic (exact) mass is 331 g/mol. The van der Waals surface area contributed by atoms with Crippen molar-refractivity contribution in [2.45, 2.75) is 51.6 Å². The van der Waals surface area contributed by atoms with Crippen LogP contribution >= 0.6 is 0 Å². The van der Waals surface area contributed by atoms with Crippen LogP contribution in [0, 0.1) is 6.92 Å². The van der Waals surface area contributed by atoms with Crippen LogP contribution in [0.2, 0.25) is 0 Å². The Morgan fingerprint density at radius 1 is 1.12 bits per heavy atom. The molecule has 0 radical (unpaired) electrons. The zero-order chi connectivity index (χ0) is 17.5. The van der Waals surface area contributed by atoms with Gasteiger partial charge in [-0.15, -0.1) is 0 Å². The van der Waals surface area contributed by atoms with Crippen molar-refractivity contribution in [3.63, 3.8) is 0 Å². The summed E-state index contributed by atoms with van der Waals surface area (Å²) >= 11 is 0. The number of amides is 1. The summed E-state index contributed by atoms with van der Waals surface area (Å²) < 4.78 is 0. The quantitative estimate of drug-likeness (QED) is 0.870. The molecule has 1 aliphatic rings. The summed E-state index contributed by atoms with van der Waals surface area (Å²) in [4.78, 5) is 17.1. The minimum atomic E-state index is -0.0380. The van der Waals surface area contributed by atoms with Crippen LogP contribution in [0.5, 0.6) is 0 Å². The van der Waals surface area contributed by atoms with Gasteiger partial charge in [-0.25, -0.2) is 0 Å². The predicted octanol–water partition coefficient (Wildman–Crippen LogP) is 2.98. The maximum absolute atomic E-state index is 12.6. The molecule has 4 heteroatoms. The van der Waals surface area contributed by atoms with Crippen LogP contribution in [0.1, 0.15) is 49.8 Å². The maximum Gasteiger partial charge on any atom is 0.237 e. The highest BCUT2D eigenvalue weighted by atomic mass is 16.2. The molecule has 2 unspecified atom stereocenters. The van der Waals surface area contributed by atoms with Gasteiger partial charge in [0.05, 0.1) is 12.1 Å². The second-order valence-electron chi connectivity index (χ2n) is 7.26. The van der Waals surface area contributed by atoms with E-state index in [2.05, 4.69) is 60.4 Å². The van der Waals surface area contributed by atoms with Gasteiger partial charge < -0.3 is 10.2 Å². The van der Waals surface area contributed by atoms with Gasteiger partial charge in [-0.05, 0) is 59.4 Å². The summed E-state index contributed by atoms with van der Waals surface area (Å²) in [7, 11) is 4.13. The second kappa shape index (κ2) is 9.19. The lowest BCUT2D eigenvalue weighted by atomic mass is 10.0. The molecule has 134 valence electrons. The predicted molar refractivity (Wildman–Crippen MR) is 100 cm³/mol. The number of aryl methyl sites for hydroxylation is 1. The van der Waals surface area contributed by atoms with Gasteiger partial charge >= 0.3 is 0 Å². The fourth-order valence-corrected chi connectivity index (χ4v) is 3.38. The van der Waals surface area contributed by atoms with E-state index in [1.165, 1.54) is 36.8 Å². The molecular formula is C20H33N3O. The van der Waals surface area contributed by atoms with Crippen LogP contribution < -0.4 is 5.32 Å². The molecule has 0 saturated carbocycles. The maximum atomic E-state index is 12.6. The first kappa shape index (κ1) is 18.9. The summed E-state index contributed by atoms with van der Waals surface area (Å²) in [5.41, 5.74) is 2.50. The Morgan fingerprint density at radius 2 is 1.71 bits per heavy atom. The Labute approximate surface area is 147 Å². The summed E-state index contributed by atoms with van der Waals surface area (Å²) in [5, 5.41) is 3.17. The van der Waals surface area contributed by atoms with Gasteiger partial charge in [0.1, 0.15) is 0 Å². The van der Waals surface area contributed by atoms with Gasteiger partial charge in [-0.2, -0.15) is 0 Å². The van der Waals surface area contributed by atoms with Crippen LogP contribution in [0.25, 0.3) is 0 Å². The molecule has 2 atom stereocenters. The molecule has 1 fully saturated rings. The first-order valence-electron chi connectivity index (χ1n) is 9.24. The molecule has 1 aromatic carbocycles. The lowest BCUT2D eigenvalue weighted by molar-refractivity contribution is -0.126. The number of carbonyl (C=O) groups excluding carboxylic acids is 1. The number of likely N-dealkylation sites (tertiary alicyclic amines) is 1. The van der Waals surface area contributed by atoms with Crippen molar-refractivity contribution in [2.24, 2.45) is 0 Å². The summed E-state index contributed by atoms with van der Waals surface area (Å²) in [6.45, 7) is 6.87. The Kier molecular flexibility index (Phi) is 7.25. The van der Waals surface area contributed by atoms with Gasteiger partial charge in [0.15, 0.2) is 0 Å². The highest BCUT2D eigenvalue weighted by Gasteiger charge is 2.23. The Hall–Kier alpha value is -1.39. The SMILES string of the molecule is Cc1ccc(C(CNC(=O)C(C)N2CCCCCC2)N(C)C)cc1. The second-order valence-corrected chi connectivity index (χ2v) is 7.26. The number of rotatable bonds is 6. The zero-order valence-electron chi connectivity index (χ0n) is 15.7. The summed E-state index contributed by atoms with van der Waals surface area (Å²) in [6, 6.07) is 8.74. The molecule has 1 N–H and O–H groups in total. The third-order valence-electron chi connectivity index (χ3n) is 5.12. The lowest BCUT2D eigenvalue weighted by Gasteiger charge is -2.29.